The van der Waals surface area contributed by atoms with Crippen LogP contribution >= 0.6 is 11.3 Å². The summed E-state index contributed by atoms with van der Waals surface area (Å²) in [4.78, 5) is 20.2. The highest BCUT2D eigenvalue weighted by Crippen LogP contribution is 2.32. The van der Waals surface area contributed by atoms with E-state index in [2.05, 4.69) is 15.3 Å². The van der Waals surface area contributed by atoms with Crippen LogP contribution in [0.2, 0.25) is 0 Å². The predicted octanol–water partition coefficient (Wildman–Crippen LogP) is 5.40. The summed E-state index contributed by atoms with van der Waals surface area (Å²) in [7, 11) is 0. The van der Waals surface area contributed by atoms with E-state index in [4.69, 9.17) is 0 Å². The molecule has 3 rings (SSSR count). The molecule has 8 heteroatoms. The van der Waals surface area contributed by atoms with Crippen molar-refractivity contribution < 1.29 is 18.0 Å². The van der Waals surface area contributed by atoms with E-state index >= 15 is 0 Å². The van der Waals surface area contributed by atoms with Gasteiger partial charge in [0.15, 0.2) is 5.13 Å². The molecule has 0 radical (unpaired) electrons. The summed E-state index contributed by atoms with van der Waals surface area (Å²) in [6.45, 7) is 5.97. The Balaban J connectivity index is 1.87. The molecule has 0 fully saturated rings. The van der Waals surface area contributed by atoms with E-state index in [-0.39, 0.29) is 5.13 Å². The molecule has 4 nitrogen and oxygen atoms in total. The number of pyridine rings is 1. The second-order valence-corrected chi connectivity index (χ2v) is 7.00. The highest BCUT2D eigenvalue weighted by atomic mass is 32.1. The summed E-state index contributed by atoms with van der Waals surface area (Å²) in [5.74, 6) is -0.944. The zero-order valence-corrected chi connectivity index (χ0v) is 15.6. The maximum absolute atomic E-state index is 13.1. The largest absolute Gasteiger partial charge is 0.418 e. The molecule has 0 aliphatic carbocycles. The van der Waals surface area contributed by atoms with Crippen LogP contribution in [0.25, 0.3) is 11.3 Å². The fourth-order valence-corrected chi connectivity index (χ4v) is 3.37. The molecule has 3 aromatic rings. The first kappa shape index (κ1) is 19.0. The Hall–Kier alpha value is -2.74. The van der Waals surface area contributed by atoms with E-state index in [0.29, 0.717) is 5.69 Å². The van der Waals surface area contributed by atoms with Gasteiger partial charge in [0.05, 0.1) is 11.3 Å². The molecule has 0 spiro atoms. The monoisotopic (exact) mass is 391 g/mol. The molecule has 2 aromatic heterocycles. The third-order valence-corrected chi connectivity index (χ3v) is 4.93. The van der Waals surface area contributed by atoms with Crippen LogP contribution < -0.4 is 5.32 Å². The van der Waals surface area contributed by atoms with Gasteiger partial charge in [0.25, 0.3) is 5.91 Å². The average Bonchev–Trinajstić information content (AvgIpc) is 3.05. The van der Waals surface area contributed by atoms with Crippen molar-refractivity contribution in [3.8, 4) is 11.3 Å². The molecule has 0 atom stereocenters. The quantitative estimate of drug-likeness (QED) is 0.650. The molecular weight excluding hydrogens is 375 g/mol. The van der Waals surface area contributed by atoms with Crippen molar-refractivity contribution in [1.29, 1.82) is 0 Å². The number of carbonyl (C=O) groups excluding carboxylic acids is 1. The van der Waals surface area contributed by atoms with Gasteiger partial charge in [0.1, 0.15) is 5.69 Å². The Bertz CT molecular complexity index is 1010. The van der Waals surface area contributed by atoms with Gasteiger partial charge < -0.3 is 0 Å². The number of aromatic nitrogens is 2. The molecule has 0 aliphatic heterocycles. The predicted molar refractivity (Wildman–Crippen MR) is 99.0 cm³/mol. The zero-order chi connectivity index (χ0) is 19.8. The first-order chi connectivity index (χ1) is 12.7. The van der Waals surface area contributed by atoms with Crippen LogP contribution in [0.15, 0.2) is 35.8 Å². The first-order valence-corrected chi connectivity index (χ1v) is 8.92. The van der Waals surface area contributed by atoms with Crippen molar-refractivity contribution in [3.63, 3.8) is 0 Å². The van der Waals surface area contributed by atoms with E-state index < -0.39 is 23.3 Å². The van der Waals surface area contributed by atoms with E-state index in [0.717, 1.165) is 51.9 Å². The lowest BCUT2D eigenvalue weighted by Crippen LogP contribution is -2.20. The standard InChI is InChI=1S/C19H16F3N3OS/c1-10-7-12(3)13(8-11(10)2)15-9-27-18(24-15)25-17(26)16-14(19(20,21)22)5-4-6-23-16/h4-9H,1-3H3,(H,24,25,26). The normalized spacial score (nSPS) is 11.5. The van der Waals surface area contributed by atoms with Gasteiger partial charge in [-0.25, -0.2) is 4.98 Å². The smallest absolute Gasteiger partial charge is 0.296 e. The third-order valence-electron chi connectivity index (χ3n) is 4.17. The van der Waals surface area contributed by atoms with Crippen LogP contribution in [0, 0.1) is 20.8 Å². The first-order valence-electron chi connectivity index (χ1n) is 8.04. The number of alkyl halides is 3. The number of anilines is 1. The highest BCUT2D eigenvalue weighted by molar-refractivity contribution is 7.14. The summed E-state index contributed by atoms with van der Waals surface area (Å²) >= 11 is 1.15. The van der Waals surface area contributed by atoms with Gasteiger partial charge in [0.2, 0.25) is 0 Å². The van der Waals surface area contributed by atoms with E-state index in [9.17, 15) is 18.0 Å². The van der Waals surface area contributed by atoms with Crippen molar-refractivity contribution >= 4 is 22.4 Å². The number of hydrogen-bond acceptors (Lipinski definition) is 4. The fourth-order valence-electron chi connectivity index (χ4n) is 2.66. The summed E-state index contributed by atoms with van der Waals surface area (Å²) in [5.41, 5.74) is 3.13. The van der Waals surface area contributed by atoms with Crippen LogP contribution in [0.5, 0.6) is 0 Å². The number of benzene rings is 1. The van der Waals surface area contributed by atoms with Gasteiger partial charge in [0, 0.05) is 17.1 Å². The third kappa shape index (κ3) is 4.00. The van der Waals surface area contributed by atoms with Crippen LogP contribution in [-0.2, 0) is 6.18 Å². The average molecular weight is 391 g/mol. The Kier molecular flexibility index (Phi) is 5.01. The topological polar surface area (TPSA) is 54.9 Å². The van der Waals surface area contributed by atoms with Gasteiger partial charge in [-0.05, 0) is 55.7 Å². The van der Waals surface area contributed by atoms with E-state index in [1.807, 2.05) is 32.9 Å². The van der Waals surface area contributed by atoms with Crippen LogP contribution in [0.4, 0.5) is 18.3 Å². The fraction of sp³-hybridized carbons (Fsp3) is 0.211. The number of rotatable bonds is 3. The number of nitrogens with zero attached hydrogens (tertiary/aromatic N) is 2. The van der Waals surface area contributed by atoms with Crippen molar-refractivity contribution in [3.05, 3.63) is 63.8 Å². The number of nitrogens with one attached hydrogen (secondary N) is 1. The number of amides is 1. The minimum absolute atomic E-state index is 0.214. The lowest BCUT2D eigenvalue weighted by molar-refractivity contribution is -0.138. The lowest BCUT2D eigenvalue weighted by Gasteiger charge is -2.10. The van der Waals surface area contributed by atoms with E-state index in [1.165, 1.54) is 0 Å². The molecule has 1 amide bonds. The molecule has 140 valence electrons. The second-order valence-electron chi connectivity index (χ2n) is 6.14. The van der Waals surface area contributed by atoms with Crippen LogP contribution in [0.1, 0.15) is 32.7 Å². The number of halogens is 3. The van der Waals surface area contributed by atoms with E-state index in [1.54, 1.807) is 5.38 Å². The number of aryl methyl sites for hydroxylation is 3. The Morgan fingerprint density at radius 3 is 2.52 bits per heavy atom. The maximum atomic E-state index is 13.1. The number of carbonyl (C=O) groups is 1. The Morgan fingerprint density at radius 2 is 1.81 bits per heavy atom. The summed E-state index contributed by atoms with van der Waals surface area (Å²) < 4.78 is 39.2. The van der Waals surface area contributed by atoms with Crippen molar-refractivity contribution in [2.75, 3.05) is 5.32 Å². The van der Waals surface area contributed by atoms with Gasteiger partial charge in [-0.2, -0.15) is 13.2 Å². The molecule has 2 heterocycles. The minimum Gasteiger partial charge on any atom is -0.296 e. The molecule has 0 saturated heterocycles. The molecule has 1 aromatic carbocycles. The van der Waals surface area contributed by atoms with Crippen molar-refractivity contribution in [2.24, 2.45) is 0 Å². The highest BCUT2D eigenvalue weighted by Gasteiger charge is 2.36. The molecular formula is C19H16F3N3OS. The molecule has 0 unspecified atom stereocenters. The van der Waals surface area contributed by atoms with Gasteiger partial charge in [-0.1, -0.05) is 6.07 Å². The van der Waals surface area contributed by atoms with Gasteiger partial charge >= 0.3 is 6.18 Å². The SMILES string of the molecule is Cc1cc(C)c(-c2csc(NC(=O)c3ncccc3C(F)(F)F)n2)cc1C. The molecule has 1 N–H and O–H groups in total. The van der Waals surface area contributed by atoms with Crippen LogP contribution in [-0.4, -0.2) is 15.9 Å². The van der Waals surface area contributed by atoms with Crippen molar-refractivity contribution in [2.45, 2.75) is 26.9 Å². The lowest BCUT2D eigenvalue weighted by atomic mass is 9.99. The summed E-state index contributed by atoms with van der Waals surface area (Å²) in [6, 6.07) is 6.02. The minimum atomic E-state index is -4.66. The van der Waals surface area contributed by atoms with Gasteiger partial charge in [-0.15, -0.1) is 11.3 Å². The Labute approximate surface area is 158 Å². The molecule has 27 heavy (non-hydrogen) atoms. The second kappa shape index (κ2) is 7.11. The number of hydrogen-bond donors (Lipinski definition) is 1. The van der Waals surface area contributed by atoms with Crippen molar-refractivity contribution in [1.82, 2.24) is 9.97 Å². The molecule has 0 bridgehead atoms. The van der Waals surface area contributed by atoms with Crippen LogP contribution in [0.3, 0.4) is 0 Å². The number of thiazole rings is 1. The summed E-state index contributed by atoms with van der Waals surface area (Å²) in [6.07, 6.45) is -3.51. The zero-order valence-electron chi connectivity index (χ0n) is 14.8. The Morgan fingerprint density at radius 1 is 1.11 bits per heavy atom. The summed E-state index contributed by atoms with van der Waals surface area (Å²) in [5, 5.41) is 4.39. The molecule has 0 aliphatic rings. The maximum Gasteiger partial charge on any atom is 0.418 e. The molecule has 0 saturated carbocycles. The van der Waals surface area contributed by atoms with Gasteiger partial charge in [-0.3, -0.25) is 15.1 Å².